The van der Waals surface area contributed by atoms with Crippen LogP contribution in [0.5, 0.6) is 0 Å². The van der Waals surface area contributed by atoms with Crippen molar-refractivity contribution in [2.75, 3.05) is 0 Å². The first-order valence-electron chi connectivity index (χ1n) is 6.42. The van der Waals surface area contributed by atoms with Gasteiger partial charge in [-0.05, 0) is 36.1 Å². The molecule has 1 aliphatic rings. The molecule has 2 atom stereocenters. The van der Waals surface area contributed by atoms with Gasteiger partial charge in [0.2, 0.25) is 0 Å². The van der Waals surface area contributed by atoms with Gasteiger partial charge in [-0.25, -0.2) is 4.79 Å². The maximum absolute atomic E-state index is 12.0. The number of nitrogens with one attached hydrogen (secondary N) is 1. The molecule has 0 spiro atoms. The zero-order chi connectivity index (χ0) is 13.8. The monoisotopic (exact) mass is 259 g/mol. The maximum Gasteiger partial charge on any atom is 0.328 e. The number of benzene rings is 1. The van der Waals surface area contributed by atoms with E-state index >= 15 is 0 Å². The van der Waals surface area contributed by atoms with Crippen LogP contribution in [0.3, 0.4) is 0 Å². The second kappa shape index (κ2) is 5.69. The lowest BCUT2D eigenvalue weighted by molar-refractivity contribution is -0.131. The third-order valence-corrected chi connectivity index (χ3v) is 3.33. The van der Waals surface area contributed by atoms with Crippen LogP contribution in [0.2, 0.25) is 0 Å². The van der Waals surface area contributed by atoms with Gasteiger partial charge in [0.1, 0.15) is 0 Å². The van der Waals surface area contributed by atoms with Gasteiger partial charge in [0.05, 0.1) is 0 Å². The minimum atomic E-state index is -1.00. The molecular formula is C15H17NO3. The molecule has 1 aliphatic carbocycles. The quantitative estimate of drug-likeness (QED) is 0.797. The Morgan fingerprint density at radius 3 is 2.89 bits per heavy atom. The van der Waals surface area contributed by atoms with Gasteiger partial charge in [-0.2, -0.15) is 0 Å². The number of carboxylic acid groups (broad SMARTS) is 1. The molecule has 0 bridgehead atoms. The van der Waals surface area contributed by atoms with E-state index in [0.717, 1.165) is 18.9 Å². The van der Waals surface area contributed by atoms with Crippen molar-refractivity contribution in [1.82, 2.24) is 5.32 Å². The van der Waals surface area contributed by atoms with E-state index in [0.29, 0.717) is 23.1 Å². The summed E-state index contributed by atoms with van der Waals surface area (Å²) >= 11 is 0. The lowest BCUT2D eigenvalue weighted by atomic mass is 10.1. The van der Waals surface area contributed by atoms with Crippen LogP contribution in [-0.4, -0.2) is 23.0 Å². The fraction of sp³-hybridized carbons (Fsp3) is 0.333. The van der Waals surface area contributed by atoms with E-state index in [1.54, 1.807) is 24.3 Å². The summed E-state index contributed by atoms with van der Waals surface area (Å²) in [6.45, 7) is 2.12. The number of hydrogen-bond donors (Lipinski definition) is 2. The number of aliphatic carboxylic acids is 1. The van der Waals surface area contributed by atoms with Crippen molar-refractivity contribution < 1.29 is 14.7 Å². The molecule has 0 aliphatic heterocycles. The molecule has 2 N–H and O–H groups in total. The molecule has 0 heterocycles. The Balaban J connectivity index is 2.02. The Morgan fingerprint density at radius 2 is 2.26 bits per heavy atom. The zero-order valence-corrected chi connectivity index (χ0v) is 10.8. The van der Waals surface area contributed by atoms with Gasteiger partial charge in [0, 0.05) is 17.7 Å². The number of hydrogen-bond acceptors (Lipinski definition) is 2. The predicted molar refractivity (Wildman–Crippen MR) is 72.8 cm³/mol. The fourth-order valence-electron chi connectivity index (χ4n) is 2.08. The average Bonchev–Trinajstić information content (AvgIpc) is 3.15. The van der Waals surface area contributed by atoms with Gasteiger partial charge in [-0.3, -0.25) is 4.79 Å². The molecule has 1 saturated carbocycles. The van der Waals surface area contributed by atoms with Crippen molar-refractivity contribution in [3.05, 3.63) is 41.5 Å². The van der Waals surface area contributed by atoms with Gasteiger partial charge in [0.25, 0.3) is 5.91 Å². The van der Waals surface area contributed by atoms with Gasteiger partial charge < -0.3 is 10.4 Å². The third-order valence-electron chi connectivity index (χ3n) is 3.33. The van der Waals surface area contributed by atoms with Crippen molar-refractivity contribution in [3.8, 4) is 0 Å². The summed E-state index contributed by atoms with van der Waals surface area (Å²) in [7, 11) is 0. The van der Waals surface area contributed by atoms with E-state index in [9.17, 15) is 9.59 Å². The Kier molecular flexibility index (Phi) is 4.00. The van der Waals surface area contributed by atoms with E-state index < -0.39 is 5.97 Å². The van der Waals surface area contributed by atoms with Crippen LogP contribution in [0.25, 0.3) is 6.08 Å². The Bertz CT molecular complexity index is 522. The molecule has 100 valence electrons. The summed E-state index contributed by atoms with van der Waals surface area (Å²) in [6, 6.07) is 7.24. The van der Waals surface area contributed by atoms with Crippen molar-refractivity contribution in [2.24, 2.45) is 5.92 Å². The Morgan fingerprint density at radius 1 is 1.47 bits per heavy atom. The molecule has 0 aromatic heterocycles. The van der Waals surface area contributed by atoms with Crippen LogP contribution in [0.15, 0.2) is 30.3 Å². The summed E-state index contributed by atoms with van der Waals surface area (Å²) in [6.07, 6.45) is 4.68. The number of amides is 1. The molecule has 2 rings (SSSR count). The zero-order valence-electron chi connectivity index (χ0n) is 10.8. The second-order valence-electron chi connectivity index (χ2n) is 4.78. The van der Waals surface area contributed by atoms with Crippen molar-refractivity contribution >= 4 is 18.0 Å². The fourth-order valence-corrected chi connectivity index (χ4v) is 2.08. The third kappa shape index (κ3) is 3.68. The highest BCUT2D eigenvalue weighted by atomic mass is 16.4. The molecule has 1 aromatic rings. The highest BCUT2D eigenvalue weighted by Crippen LogP contribution is 2.33. The first kappa shape index (κ1) is 13.3. The van der Waals surface area contributed by atoms with Gasteiger partial charge in [-0.1, -0.05) is 25.5 Å². The lowest BCUT2D eigenvalue weighted by Crippen LogP contribution is -2.26. The first-order valence-corrected chi connectivity index (χ1v) is 6.42. The van der Waals surface area contributed by atoms with Gasteiger partial charge in [0.15, 0.2) is 0 Å². The topological polar surface area (TPSA) is 66.4 Å². The molecule has 4 heteroatoms. The van der Waals surface area contributed by atoms with E-state index in [1.165, 1.54) is 6.08 Å². The highest BCUT2D eigenvalue weighted by Gasteiger charge is 2.36. The molecule has 0 radical (unpaired) electrons. The maximum atomic E-state index is 12.0. The molecule has 19 heavy (non-hydrogen) atoms. The van der Waals surface area contributed by atoms with Crippen LogP contribution < -0.4 is 5.32 Å². The number of carboxylic acids is 1. The van der Waals surface area contributed by atoms with Gasteiger partial charge >= 0.3 is 5.97 Å². The minimum Gasteiger partial charge on any atom is -0.478 e. The molecule has 1 aromatic carbocycles. The highest BCUT2D eigenvalue weighted by molar-refractivity contribution is 5.95. The first-order chi connectivity index (χ1) is 9.10. The van der Waals surface area contributed by atoms with E-state index in [1.807, 2.05) is 0 Å². The van der Waals surface area contributed by atoms with Gasteiger partial charge in [-0.15, -0.1) is 0 Å². The number of carbonyl (C=O) groups is 2. The Labute approximate surface area is 112 Å². The Hall–Kier alpha value is -2.10. The summed E-state index contributed by atoms with van der Waals surface area (Å²) in [4.78, 5) is 22.4. The van der Waals surface area contributed by atoms with Crippen LogP contribution in [0, 0.1) is 5.92 Å². The van der Waals surface area contributed by atoms with Crippen molar-refractivity contribution in [1.29, 1.82) is 0 Å². The number of carbonyl (C=O) groups excluding carboxylic acids is 1. The standard InChI is InChI=1S/C15H17NO3/c1-2-11-9-13(11)16-15(19)12-5-3-4-10(8-12)6-7-14(17)18/h3-8,11,13H,2,9H2,1H3,(H,16,19)(H,17,18)/b7-6+. The van der Waals surface area contributed by atoms with Crippen molar-refractivity contribution in [3.63, 3.8) is 0 Å². The van der Waals surface area contributed by atoms with Crippen molar-refractivity contribution in [2.45, 2.75) is 25.8 Å². The summed E-state index contributed by atoms with van der Waals surface area (Å²) in [5.74, 6) is -0.482. The SMILES string of the molecule is CCC1CC1NC(=O)c1cccc(/C=C/C(=O)O)c1. The smallest absolute Gasteiger partial charge is 0.328 e. The molecule has 0 saturated heterocycles. The van der Waals surface area contributed by atoms with E-state index in [4.69, 9.17) is 5.11 Å². The molecule has 2 unspecified atom stereocenters. The summed E-state index contributed by atoms with van der Waals surface area (Å²) < 4.78 is 0. The number of rotatable bonds is 5. The minimum absolute atomic E-state index is 0.0912. The van der Waals surface area contributed by atoms with Crippen LogP contribution in [-0.2, 0) is 4.79 Å². The lowest BCUT2D eigenvalue weighted by Gasteiger charge is -2.05. The normalized spacial score (nSPS) is 21.3. The van der Waals surface area contributed by atoms with Crippen LogP contribution >= 0.6 is 0 Å². The summed E-state index contributed by atoms with van der Waals surface area (Å²) in [5.41, 5.74) is 1.27. The molecule has 1 amide bonds. The molecule has 4 nitrogen and oxygen atoms in total. The average molecular weight is 259 g/mol. The second-order valence-corrected chi connectivity index (χ2v) is 4.78. The van der Waals surface area contributed by atoms with Crippen LogP contribution in [0.4, 0.5) is 0 Å². The largest absolute Gasteiger partial charge is 0.478 e. The van der Waals surface area contributed by atoms with E-state index in [-0.39, 0.29) is 5.91 Å². The van der Waals surface area contributed by atoms with E-state index in [2.05, 4.69) is 12.2 Å². The van der Waals surface area contributed by atoms with Crippen LogP contribution in [0.1, 0.15) is 35.7 Å². The molecular weight excluding hydrogens is 242 g/mol. The molecule has 1 fully saturated rings. The summed E-state index contributed by atoms with van der Waals surface area (Å²) in [5, 5.41) is 11.6. The predicted octanol–water partition coefficient (Wildman–Crippen LogP) is 2.31.